The number of halogens is 5. The zero-order valence-corrected chi connectivity index (χ0v) is 70.2. The molecule has 0 unspecified atom stereocenters. The van der Waals surface area contributed by atoms with E-state index >= 15 is 0 Å². The second kappa shape index (κ2) is 56.4. The fourth-order valence-corrected chi connectivity index (χ4v) is 9.45. The van der Waals surface area contributed by atoms with Crippen molar-refractivity contribution in [2.75, 3.05) is 108 Å². The van der Waals surface area contributed by atoms with Gasteiger partial charge in [0.25, 0.3) is 18.3 Å². The number of alkyl halides is 1. The fourth-order valence-electron chi connectivity index (χ4n) is 7.73. The Hall–Kier alpha value is -1.48. The van der Waals surface area contributed by atoms with E-state index < -0.39 is 11.8 Å². The Kier molecular flexibility index (Phi) is 59.4. The Balaban J connectivity index is -0.000000359. The quantitative estimate of drug-likeness (QED) is 0.0121. The number of hydrogen-bond acceptors (Lipinski definition) is 17. The number of nitriles is 2. The zero-order valence-electron chi connectivity index (χ0n) is 54.7. The molecular weight excluding hydrogens is 1540 g/mol. The summed E-state index contributed by atoms with van der Waals surface area (Å²) >= 11 is 19.0. The van der Waals surface area contributed by atoms with Gasteiger partial charge in [0.15, 0.2) is 0 Å². The molecule has 488 valence electrons. The first kappa shape index (κ1) is 96.9. The molecule has 0 fully saturated rings. The van der Waals surface area contributed by atoms with Crippen LogP contribution >= 0.6 is 75.3 Å². The molecule has 1 aliphatic heterocycles. The van der Waals surface area contributed by atoms with Crippen LogP contribution in [0.15, 0.2) is 121 Å². The number of carbonyl (C=O) groups excluding carboxylic acids is 4. The predicted molar refractivity (Wildman–Crippen MR) is 365 cm³/mol. The SMILES string of the molecule is C.CN(C)CCCCl.CN(C)CCCOc1ccc(Br)c(C2=C(c3c[nH]c4ccccc34)C(=O)NC2=O)c1.CN(C)CCCOc1ccc(Br)c(CC#N)c1.CN(C)CCCOc1ccc(Br)c(CC(N)=O)c1.N#CCc1cc(O)ccc1Br.O=CO[O-].[H-].[K+].[K+].[K+].[OH-]. The van der Waals surface area contributed by atoms with E-state index in [9.17, 15) is 14.4 Å². The van der Waals surface area contributed by atoms with Gasteiger partial charge < -0.3 is 66.7 Å². The maximum atomic E-state index is 12.8. The Morgan fingerprint density at radius 3 is 1.45 bits per heavy atom. The van der Waals surface area contributed by atoms with Gasteiger partial charge >= 0.3 is 154 Å². The second-order valence-corrected chi connectivity index (χ2v) is 23.9. The number of H-pyrrole nitrogens is 1. The third-order valence-electron chi connectivity index (χ3n) is 11.8. The Labute approximate surface area is 710 Å². The van der Waals surface area contributed by atoms with Crippen LogP contribution in [0.3, 0.4) is 0 Å². The average molecular weight is 1630 g/mol. The van der Waals surface area contributed by atoms with E-state index in [4.69, 9.17) is 57.2 Å². The number of phenolic OH excluding ortho intramolecular Hbond substituents is 1. The van der Waals surface area contributed by atoms with Gasteiger partial charge in [-0.2, -0.15) is 10.5 Å². The Bertz CT molecular complexity index is 3250. The molecule has 20 nitrogen and oxygen atoms in total. The van der Waals surface area contributed by atoms with Gasteiger partial charge in [-0.15, -0.1) is 11.6 Å². The van der Waals surface area contributed by atoms with Gasteiger partial charge in [0.1, 0.15) is 23.0 Å². The molecule has 0 aliphatic carbocycles. The summed E-state index contributed by atoms with van der Waals surface area (Å²) in [6, 6.07) is 33.6. The first-order valence-corrected chi connectivity index (χ1v) is 31.0. The smallest absolute Gasteiger partial charge is 1.00 e. The molecule has 2 heterocycles. The summed E-state index contributed by atoms with van der Waals surface area (Å²) in [4.78, 5) is 59.3. The first-order valence-electron chi connectivity index (χ1n) is 27.3. The minimum absolute atomic E-state index is 0. The van der Waals surface area contributed by atoms with Crippen molar-refractivity contribution >= 4 is 122 Å². The van der Waals surface area contributed by atoms with E-state index in [1.165, 1.54) is 0 Å². The Morgan fingerprint density at radius 1 is 0.630 bits per heavy atom. The standard InChI is InChI=1S/C23H22BrN3O3.C13H19BrN2O2.C13H17BrN2O.C8H6BrNO.C5H12ClN.CH2O3.CH4.3K.H2O.H/c1-27(2)10-5-11-30-14-8-9-18(24)16(12-14)20-21(23(29)26-22(20)28)17-13-25-19-7-4-3-6-15(17)19;1-16(2)6-3-7-18-11-4-5-12(14)10(8-11)9-13(15)17;1-16(2)8-3-9-17-12-4-5-13(14)11(10-12)6-7-15;9-8-2-1-7(11)5-6(8)3-4-10;1-7(2)5-3-4-6;2-1-4-3;;;;;;/h3-4,6-9,12-13,25H,5,10-11H2,1-2H3,(H,26,28,29);4-5,8H,3,6-7,9H2,1-2H3,(H2,15,17);4-5,10H,3,6,8-9H2,1-2H3;1-2,5,11H,3H2;3-5H2,1-2H3;1,3H;1H4;;;;1H2;/q;;;;;;;3*+1;;-1/p-2. The molecule has 6 aromatic rings. The summed E-state index contributed by atoms with van der Waals surface area (Å²) in [5.74, 6) is 2.07. The molecule has 6 N–H and O–H groups in total. The maximum Gasteiger partial charge on any atom is 1.00 e. The largest absolute Gasteiger partial charge is 1.00 e. The second-order valence-electron chi connectivity index (χ2n) is 20.1. The number of amides is 3. The van der Waals surface area contributed by atoms with Crippen LogP contribution < -0.4 is 185 Å². The summed E-state index contributed by atoms with van der Waals surface area (Å²) in [5, 5.41) is 37.9. The number of benzene rings is 5. The van der Waals surface area contributed by atoms with E-state index in [2.05, 4.69) is 105 Å². The number of nitrogens with two attached hydrogens (primary N) is 1. The van der Waals surface area contributed by atoms with Crippen LogP contribution in [-0.2, 0) is 43.3 Å². The molecule has 0 bridgehead atoms. The number of carbonyl (C=O) groups is 4. The number of phenols is 1. The Morgan fingerprint density at radius 2 is 1.02 bits per heavy atom. The number of primary amides is 1. The van der Waals surface area contributed by atoms with E-state index in [1.807, 2.05) is 141 Å². The van der Waals surface area contributed by atoms with Gasteiger partial charge in [-0.25, -0.2) is 0 Å². The number of aromatic nitrogens is 1. The minimum Gasteiger partial charge on any atom is -1.00 e. The summed E-state index contributed by atoms with van der Waals surface area (Å²) in [7, 11) is 16.3. The summed E-state index contributed by atoms with van der Waals surface area (Å²) in [6.07, 6.45) is 6.65. The molecule has 5 aromatic carbocycles. The van der Waals surface area contributed by atoms with Crippen molar-refractivity contribution in [1.82, 2.24) is 29.9 Å². The minimum atomic E-state index is -0.411. The van der Waals surface area contributed by atoms with Crippen molar-refractivity contribution in [3.05, 3.63) is 149 Å². The third kappa shape index (κ3) is 39.8. The topological polar surface area (TPSA) is 293 Å². The maximum absolute atomic E-state index is 12.8. The number of rotatable bonds is 25. The molecule has 0 atom stereocenters. The summed E-state index contributed by atoms with van der Waals surface area (Å²) in [6.45, 7) is 5.78. The van der Waals surface area contributed by atoms with Gasteiger partial charge in [0, 0.05) is 71.6 Å². The number of nitrogens with zero attached hydrogens (tertiary/aromatic N) is 6. The van der Waals surface area contributed by atoms with Crippen LogP contribution in [0.1, 0.15) is 62.4 Å². The van der Waals surface area contributed by atoms with E-state index in [1.54, 1.807) is 24.4 Å². The number of ether oxygens (including phenoxy) is 3. The van der Waals surface area contributed by atoms with Crippen LogP contribution in [0, 0.1) is 22.7 Å². The van der Waals surface area contributed by atoms with Crippen LogP contribution in [0.5, 0.6) is 23.0 Å². The van der Waals surface area contributed by atoms with Gasteiger partial charge in [-0.05, 0) is 184 Å². The van der Waals surface area contributed by atoms with Crippen LogP contribution in [0.4, 0.5) is 0 Å². The third-order valence-corrected chi connectivity index (χ3v) is 15.1. The van der Waals surface area contributed by atoms with Gasteiger partial charge in [-0.1, -0.05) is 89.3 Å². The van der Waals surface area contributed by atoms with Gasteiger partial charge in [0.2, 0.25) is 5.91 Å². The number of imide groups is 1. The first-order chi connectivity index (χ1) is 41.5. The van der Waals surface area contributed by atoms with Crippen LogP contribution in [0.25, 0.3) is 22.0 Å². The molecule has 1 aromatic heterocycles. The molecule has 7 rings (SSSR count). The molecule has 28 heteroatoms. The molecule has 0 radical (unpaired) electrons. The van der Waals surface area contributed by atoms with Crippen molar-refractivity contribution < 1.29 is 210 Å². The molecule has 92 heavy (non-hydrogen) atoms. The molecule has 1 aliphatic rings. The zero-order chi connectivity index (χ0) is 64.8. The number of fused-ring (bicyclic) bond motifs is 1. The van der Waals surface area contributed by atoms with E-state index in [0.717, 1.165) is 115 Å². The molecule has 0 saturated carbocycles. The fraction of sp³-hybridized carbons (Fsp3) is 0.375. The van der Waals surface area contributed by atoms with Crippen LogP contribution in [0.2, 0.25) is 0 Å². The normalized spacial score (nSPS) is 10.7. The summed E-state index contributed by atoms with van der Waals surface area (Å²) < 4.78 is 20.6. The van der Waals surface area contributed by atoms with E-state index in [-0.39, 0.29) is 193 Å². The van der Waals surface area contributed by atoms with E-state index in [0.29, 0.717) is 60.7 Å². The molecular formula is C64H83Br4ClK3N9O11. The van der Waals surface area contributed by atoms with Crippen molar-refractivity contribution in [2.45, 2.75) is 52.4 Å². The number of hydrogen-bond donors (Lipinski definition) is 4. The van der Waals surface area contributed by atoms with Gasteiger partial charge in [0.05, 0.1) is 62.4 Å². The molecule has 3 amide bonds. The molecule has 0 saturated heterocycles. The van der Waals surface area contributed by atoms with Crippen molar-refractivity contribution in [2.24, 2.45) is 5.73 Å². The predicted octanol–water partition coefficient (Wildman–Crippen LogP) is 1.90. The van der Waals surface area contributed by atoms with Crippen molar-refractivity contribution in [1.29, 1.82) is 10.5 Å². The number of nitrogens with one attached hydrogen (secondary N) is 2. The van der Waals surface area contributed by atoms with Gasteiger partial charge in [-0.3, -0.25) is 24.5 Å². The number of para-hydroxylation sites is 1. The van der Waals surface area contributed by atoms with Crippen LogP contribution in [-0.4, -0.2) is 168 Å². The molecule has 0 spiro atoms. The average Bonchev–Trinajstić information content (AvgIpc) is 1.65. The summed E-state index contributed by atoms with van der Waals surface area (Å²) in [5.41, 5.74) is 10.8. The number of aromatic hydroxyl groups is 1. The van der Waals surface area contributed by atoms with Crippen molar-refractivity contribution in [3.8, 4) is 35.1 Å². The number of aromatic amines is 1. The van der Waals surface area contributed by atoms with Crippen molar-refractivity contribution in [3.63, 3.8) is 0 Å². The monoisotopic (exact) mass is 1620 g/mol.